The second kappa shape index (κ2) is 11.2. The number of benzene rings is 7. The van der Waals surface area contributed by atoms with Crippen LogP contribution >= 0.6 is 22.7 Å². The van der Waals surface area contributed by atoms with E-state index in [1.165, 1.54) is 4.70 Å². The highest BCUT2D eigenvalue weighted by Gasteiger charge is 2.19. The molecule has 0 aliphatic carbocycles. The summed E-state index contributed by atoms with van der Waals surface area (Å²) >= 11 is 3.27. The lowest BCUT2D eigenvalue weighted by Gasteiger charge is -2.08. The Kier molecular flexibility index (Phi) is 5.08. The Bertz CT molecular complexity index is 3510. The van der Waals surface area contributed by atoms with Crippen LogP contribution in [0.1, 0.15) is 8.22 Å². The van der Waals surface area contributed by atoms with Gasteiger partial charge in [0.15, 0.2) is 17.5 Å². The second-order valence-electron chi connectivity index (χ2n) is 12.3. The predicted octanol–water partition coefficient (Wildman–Crippen LogP) is 13.2. The molecule has 0 amide bonds. The minimum Gasteiger partial charge on any atom is -0.455 e. The van der Waals surface area contributed by atoms with Crippen molar-refractivity contribution in [3.63, 3.8) is 0 Å². The molecule has 0 bridgehead atoms. The van der Waals surface area contributed by atoms with Crippen molar-refractivity contribution < 1.29 is 12.6 Å². The van der Waals surface area contributed by atoms with E-state index in [0.29, 0.717) is 28.3 Å². The van der Waals surface area contributed by atoms with Gasteiger partial charge in [0.05, 0.1) is 8.22 Å². The van der Waals surface area contributed by atoms with E-state index in [1.54, 1.807) is 22.7 Å². The molecule has 4 nitrogen and oxygen atoms in total. The SMILES string of the molecule is [2H]c1c([2H])c([2H])c2c(oc3c([2H])c(-c4nc(-c5ccccc5)nc(-c5ccc6sc7ccccc7c6c5)n4)c([2H])c([2H])c32)c1-c1cccc2c1sc1ccccc12. The van der Waals surface area contributed by atoms with Crippen LogP contribution < -0.4 is 0 Å². The van der Waals surface area contributed by atoms with Gasteiger partial charge in [-0.05, 0) is 42.4 Å². The molecule has 51 heavy (non-hydrogen) atoms. The van der Waals surface area contributed by atoms with E-state index < -0.39 is 0 Å². The van der Waals surface area contributed by atoms with Crippen LogP contribution in [0.2, 0.25) is 0 Å². The van der Waals surface area contributed by atoms with Gasteiger partial charge in [-0.1, -0.05) is 109 Å². The summed E-state index contributed by atoms with van der Waals surface area (Å²) in [6.45, 7) is 0. The van der Waals surface area contributed by atoms with Crippen molar-refractivity contribution in [3.8, 4) is 45.3 Å². The van der Waals surface area contributed by atoms with Crippen molar-refractivity contribution in [1.82, 2.24) is 15.0 Å². The Labute approximate surface area is 308 Å². The number of nitrogens with zero attached hydrogens (tertiary/aromatic N) is 3. The molecule has 0 saturated heterocycles. The van der Waals surface area contributed by atoms with Crippen molar-refractivity contribution in [2.45, 2.75) is 0 Å². The van der Waals surface area contributed by atoms with Crippen molar-refractivity contribution in [2.75, 3.05) is 0 Å². The summed E-state index contributed by atoms with van der Waals surface area (Å²) in [5.74, 6) is 0.713. The summed E-state index contributed by atoms with van der Waals surface area (Å²) in [5.41, 5.74) is 2.46. The number of hydrogen-bond acceptors (Lipinski definition) is 6. The third-order valence-electron chi connectivity index (χ3n) is 9.26. The molecule has 0 spiro atoms. The molecule has 4 aromatic heterocycles. The van der Waals surface area contributed by atoms with Gasteiger partial charge in [0.1, 0.15) is 11.2 Å². The first-order chi connectivity index (χ1) is 27.8. The van der Waals surface area contributed by atoms with Gasteiger partial charge in [0.2, 0.25) is 0 Å². The van der Waals surface area contributed by atoms with Gasteiger partial charge in [0, 0.05) is 78.9 Å². The maximum atomic E-state index is 9.58. The quantitative estimate of drug-likeness (QED) is 0.184. The molecular weight excluding hydrogens is 663 g/mol. The maximum Gasteiger partial charge on any atom is 0.164 e. The number of aromatic nitrogens is 3. The van der Waals surface area contributed by atoms with E-state index in [1.807, 2.05) is 97.1 Å². The zero-order chi connectivity index (χ0) is 38.7. The molecule has 0 unspecified atom stereocenters. The first-order valence-electron chi connectivity index (χ1n) is 19.4. The lowest BCUT2D eigenvalue weighted by molar-refractivity contribution is 0.670. The number of rotatable bonds is 4. The van der Waals surface area contributed by atoms with E-state index in [4.69, 9.17) is 23.5 Å². The van der Waals surface area contributed by atoms with E-state index in [9.17, 15) is 4.11 Å². The monoisotopic (exact) mass is 693 g/mol. The first-order valence-corrected chi connectivity index (χ1v) is 18.0. The van der Waals surface area contributed by atoms with Crippen LogP contribution in [0.4, 0.5) is 0 Å². The predicted molar refractivity (Wildman–Crippen MR) is 215 cm³/mol. The van der Waals surface area contributed by atoms with Crippen LogP contribution in [0.3, 0.4) is 0 Å². The van der Waals surface area contributed by atoms with Crippen molar-refractivity contribution >= 4 is 85.0 Å². The van der Waals surface area contributed by atoms with Gasteiger partial charge in [-0.2, -0.15) is 0 Å². The molecule has 0 fully saturated rings. The highest BCUT2D eigenvalue weighted by atomic mass is 32.1. The van der Waals surface area contributed by atoms with E-state index in [-0.39, 0.29) is 69.6 Å². The average Bonchev–Trinajstić information content (AvgIpc) is 3.95. The highest BCUT2D eigenvalue weighted by Crippen LogP contribution is 2.44. The molecule has 4 heterocycles. The van der Waals surface area contributed by atoms with Crippen LogP contribution in [0, 0.1) is 0 Å². The molecule has 0 atom stereocenters. The molecule has 0 aliphatic heterocycles. The number of para-hydroxylation sites is 1. The number of furan rings is 1. The minimum absolute atomic E-state index is 0.0219. The Hall–Kier alpha value is -6.21. The van der Waals surface area contributed by atoms with Gasteiger partial charge in [0.25, 0.3) is 0 Å². The van der Waals surface area contributed by atoms with Crippen LogP contribution in [-0.4, -0.2) is 15.0 Å². The van der Waals surface area contributed by atoms with Crippen molar-refractivity contribution in [2.24, 2.45) is 0 Å². The number of thiophene rings is 2. The van der Waals surface area contributed by atoms with Gasteiger partial charge in [-0.15, -0.1) is 22.7 Å². The third-order valence-corrected chi connectivity index (χ3v) is 11.6. The Morgan fingerprint density at radius 2 is 1.16 bits per heavy atom. The molecule has 6 heteroatoms. The fourth-order valence-corrected chi connectivity index (χ4v) is 9.17. The van der Waals surface area contributed by atoms with Gasteiger partial charge < -0.3 is 4.42 Å². The second-order valence-corrected chi connectivity index (χ2v) is 14.4. The molecule has 7 aromatic carbocycles. The summed E-state index contributed by atoms with van der Waals surface area (Å²) in [7, 11) is 0. The van der Waals surface area contributed by atoms with Crippen LogP contribution in [0.15, 0.2) is 156 Å². The number of fused-ring (bicyclic) bond motifs is 9. The van der Waals surface area contributed by atoms with Crippen LogP contribution in [0.5, 0.6) is 0 Å². The molecule has 0 radical (unpaired) electrons. The summed E-state index contributed by atoms with van der Waals surface area (Å²) in [6, 6.07) is 35.9. The smallest absolute Gasteiger partial charge is 0.164 e. The Balaban J connectivity index is 1.18. The minimum atomic E-state index is -0.329. The normalized spacial score (nSPS) is 13.6. The molecule has 0 saturated carbocycles. The van der Waals surface area contributed by atoms with Crippen molar-refractivity contribution in [1.29, 1.82) is 0 Å². The van der Waals surface area contributed by atoms with Crippen LogP contribution in [-0.2, 0) is 0 Å². The fourth-order valence-electron chi connectivity index (χ4n) is 6.86. The average molecular weight is 694 g/mol. The molecule has 0 aliphatic rings. The molecule has 11 rings (SSSR count). The summed E-state index contributed by atoms with van der Waals surface area (Å²) in [4.78, 5) is 14.6. The highest BCUT2D eigenvalue weighted by molar-refractivity contribution is 7.26. The summed E-state index contributed by atoms with van der Waals surface area (Å²) < 4.78 is 66.2. The topological polar surface area (TPSA) is 51.8 Å². The molecule has 0 N–H and O–H groups in total. The third kappa shape index (κ3) is 4.54. The van der Waals surface area contributed by atoms with Gasteiger partial charge in [-0.25, -0.2) is 15.0 Å². The Morgan fingerprint density at radius 3 is 2.00 bits per heavy atom. The van der Waals surface area contributed by atoms with E-state index in [0.717, 1.165) is 41.2 Å². The molecule has 11 aromatic rings. The van der Waals surface area contributed by atoms with Gasteiger partial charge in [-0.3, -0.25) is 0 Å². The summed E-state index contributed by atoms with van der Waals surface area (Å²) in [6.07, 6.45) is 0. The number of hydrogen-bond donors (Lipinski definition) is 0. The fraction of sp³-hybridized carbons (Fsp3) is 0. The maximum absolute atomic E-state index is 9.58. The molecular formula is C45H25N3OS2. The zero-order valence-corrected chi connectivity index (χ0v) is 28.2. The molecule has 238 valence electrons. The van der Waals surface area contributed by atoms with E-state index in [2.05, 4.69) is 18.2 Å². The lowest BCUT2D eigenvalue weighted by atomic mass is 10.00. The summed E-state index contributed by atoms with van der Waals surface area (Å²) in [5, 5.41) is 4.43. The lowest BCUT2D eigenvalue weighted by Crippen LogP contribution is -2.00. The van der Waals surface area contributed by atoms with Crippen LogP contribution in [0.25, 0.3) is 108 Å². The van der Waals surface area contributed by atoms with E-state index >= 15 is 0 Å². The van der Waals surface area contributed by atoms with Gasteiger partial charge >= 0.3 is 0 Å². The first kappa shape index (κ1) is 23.2. The Morgan fingerprint density at radius 1 is 0.471 bits per heavy atom. The van der Waals surface area contributed by atoms with Crippen molar-refractivity contribution in [3.05, 3.63) is 152 Å². The zero-order valence-electron chi connectivity index (χ0n) is 32.5. The standard InChI is InChI=1S/C45H25N3OS2/c1-2-10-26(11-3-1)43-46-44(27-21-23-40-36(24-27)31-13-5-6-18-38(31)50-40)48-45(47-43)28-20-22-29-32-14-8-15-33(41(32)49-37(29)25-28)35-17-9-16-34-30-12-4-7-19-39(30)51-42(34)35/h1-25H/i8D,14D,15D,20D,22D,25D. The largest absolute Gasteiger partial charge is 0.455 e.